The minimum Gasteiger partial charge on any atom is -0.481 e. The maximum atomic E-state index is 13.1. The summed E-state index contributed by atoms with van der Waals surface area (Å²) < 4.78 is 17.1. The molecular formula is C23H32N4O8. The molecule has 0 spiro atoms. The maximum Gasteiger partial charge on any atom is 0.305 e. The largest absolute Gasteiger partial charge is 0.481 e. The normalized spacial score (nSPS) is 11.8. The molecule has 0 aliphatic carbocycles. The van der Waals surface area contributed by atoms with E-state index in [0.717, 1.165) is 4.68 Å². The molecule has 1 heterocycles. The van der Waals surface area contributed by atoms with Crippen LogP contribution >= 0.6 is 0 Å². The predicted molar refractivity (Wildman–Crippen MR) is 128 cm³/mol. The fraction of sp³-hybridized carbons (Fsp3) is 0.522. The highest BCUT2D eigenvalue weighted by molar-refractivity contribution is 5.92. The number of carbonyl (C=O) groups excluding carboxylic acids is 2. The van der Waals surface area contributed by atoms with Gasteiger partial charge in [-0.05, 0) is 12.5 Å². The maximum absolute atomic E-state index is 13.1. The highest BCUT2D eigenvalue weighted by atomic mass is 16.5. The van der Waals surface area contributed by atoms with E-state index in [0.29, 0.717) is 62.3 Å². The molecule has 0 saturated carbocycles. The monoisotopic (exact) mass is 492 g/mol. The molecule has 0 radical (unpaired) electrons. The number of fused-ring (bicyclic) bond motifs is 1. The minimum atomic E-state index is -0.901. The minimum absolute atomic E-state index is 0.0352. The van der Waals surface area contributed by atoms with Crippen LogP contribution in [-0.2, 0) is 28.6 Å². The topological polar surface area (TPSA) is 158 Å². The van der Waals surface area contributed by atoms with E-state index in [-0.39, 0.29) is 31.8 Å². The lowest BCUT2D eigenvalue weighted by atomic mass is 10.1. The Morgan fingerprint density at radius 3 is 2.43 bits per heavy atom. The quantitative estimate of drug-likeness (QED) is 0.199. The third kappa shape index (κ3) is 9.43. The lowest BCUT2D eigenvalue weighted by Gasteiger charge is -2.15. The molecule has 0 aliphatic rings. The SMILES string of the molecule is CNC(=O)CCC(C=O)n1ncc2cccc(NCCOCCOCCOCCC(=O)O)c2c1=O. The van der Waals surface area contributed by atoms with Crippen LogP contribution in [0.15, 0.2) is 29.2 Å². The van der Waals surface area contributed by atoms with E-state index < -0.39 is 17.6 Å². The number of aromatic nitrogens is 2. The lowest BCUT2D eigenvalue weighted by Crippen LogP contribution is -2.30. The van der Waals surface area contributed by atoms with E-state index in [4.69, 9.17) is 19.3 Å². The van der Waals surface area contributed by atoms with Crippen LogP contribution in [0.4, 0.5) is 5.69 Å². The van der Waals surface area contributed by atoms with Crippen molar-refractivity contribution in [3.05, 3.63) is 34.7 Å². The Balaban J connectivity index is 1.82. The van der Waals surface area contributed by atoms with Crippen molar-refractivity contribution in [2.75, 3.05) is 58.6 Å². The number of hydrogen-bond acceptors (Lipinski definition) is 9. The molecule has 1 aromatic heterocycles. The Morgan fingerprint density at radius 1 is 1.09 bits per heavy atom. The number of aldehydes is 1. The number of carboxylic acid groups (broad SMARTS) is 1. The van der Waals surface area contributed by atoms with Gasteiger partial charge in [0.05, 0.1) is 57.6 Å². The highest BCUT2D eigenvalue weighted by Gasteiger charge is 2.17. The fourth-order valence-electron chi connectivity index (χ4n) is 3.20. The second-order valence-electron chi connectivity index (χ2n) is 7.49. The first-order valence-corrected chi connectivity index (χ1v) is 11.3. The molecule has 1 amide bonds. The van der Waals surface area contributed by atoms with E-state index in [1.54, 1.807) is 18.2 Å². The van der Waals surface area contributed by atoms with Crippen LogP contribution in [-0.4, -0.2) is 86.3 Å². The molecule has 35 heavy (non-hydrogen) atoms. The van der Waals surface area contributed by atoms with E-state index in [9.17, 15) is 19.2 Å². The Bertz CT molecular complexity index is 1030. The van der Waals surface area contributed by atoms with Crippen LogP contribution in [0, 0.1) is 0 Å². The zero-order chi connectivity index (χ0) is 25.5. The summed E-state index contributed by atoms with van der Waals surface area (Å²) >= 11 is 0. The molecule has 0 saturated heterocycles. The molecule has 192 valence electrons. The molecule has 12 heteroatoms. The van der Waals surface area contributed by atoms with Gasteiger partial charge in [0, 0.05) is 31.1 Å². The van der Waals surface area contributed by atoms with Crippen molar-refractivity contribution in [3.8, 4) is 0 Å². The zero-order valence-electron chi connectivity index (χ0n) is 19.7. The number of carbonyl (C=O) groups is 3. The first kappa shape index (κ1) is 27.9. The predicted octanol–water partition coefficient (Wildman–Crippen LogP) is 0.599. The van der Waals surface area contributed by atoms with Crippen molar-refractivity contribution in [3.63, 3.8) is 0 Å². The third-order valence-electron chi connectivity index (χ3n) is 5.02. The Kier molecular flexibility index (Phi) is 12.4. The Labute approximate surface area is 202 Å². The second-order valence-corrected chi connectivity index (χ2v) is 7.49. The smallest absolute Gasteiger partial charge is 0.305 e. The highest BCUT2D eigenvalue weighted by Crippen LogP contribution is 2.20. The van der Waals surface area contributed by atoms with Crippen molar-refractivity contribution in [2.24, 2.45) is 0 Å². The molecule has 0 bridgehead atoms. The van der Waals surface area contributed by atoms with Crippen LogP contribution in [0.1, 0.15) is 25.3 Å². The van der Waals surface area contributed by atoms with Gasteiger partial charge in [0.2, 0.25) is 5.91 Å². The first-order valence-electron chi connectivity index (χ1n) is 11.3. The zero-order valence-corrected chi connectivity index (χ0v) is 19.7. The molecular weight excluding hydrogens is 460 g/mol. The van der Waals surface area contributed by atoms with Gasteiger partial charge in [0.1, 0.15) is 12.3 Å². The van der Waals surface area contributed by atoms with Crippen LogP contribution in [0.2, 0.25) is 0 Å². The van der Waals surface area contributed by atoms with Crippen molar-refractivity contribution in [1.29, 1.82) is 0 Å². The van der Waals surface area contributed by atoms with Crippen LogP contribution < -0.4 is 16.2 Å². The van der Waals surface area contributed by atoms with Gasteiger partial charge in [-0.3, -0.25) is 14.4 Å². The van der Waals surface area contributed by atoms with E-state index in [1.165, 1.54) is 13.2 Å². The summed E-state index contributed by atoms with van der Waals surface area (Å²) in [6.07, 6.45) is 2.38. The fourth-order valence-corrected chi connectivity index (χ4v) is 3.20. The molecule has 2 aromatic rings. The van der Waals surface area contributed by atoms with Gasteiger partial charge >= 0.3 is 5.97 Å². The molecule has 0 aliphatic heterocycles. The number of ether oxygens (including phenoxy) is 3. The molecule has 2 rings (SSSR count). The van der Waals surface area contributed by atoms with E-state index in [1.807, 2.05) is 0 Å². The van der Waals surface area contributed by atoms with Crippen molar-refractivity contribution < 1.29 is 33.7 Å². The summed E-state index contributed by atoms with van der Waals surface area (Å²) in [6.45, 7) is 2.37. The number of rotatable bonds is 18. The Hall–Kier alpha value is -3.35. The van der Waals surface area contributed by atoms with Gasteiger partial charge in [0.25, 0.3) is 5.56 Å². The summed E-state index contributed by atoms with van der Waals surface area (Å²) in [5.41, 5.74) is 0.178. The molecule has 1 unspecified atom stereocenters. The van der Waals surface area contributed by atoms with Gasteiger partial charge < -0.3 is 34.7 Å². The van der Waals surface area contributed by atoms with E-state index >= 15 is 0 Å². The summed E-state index contributed by atoms with van der Waals surface area (Å²) in [6, 6.07) is 4.48. The molecule has 3 N–H and O–H groups in total. The van der Waals surface area contributed by atoms with Gasteiger partial charge in [-0.1, -0.05) is 12.1 Å². The Morgan fingerprint density at radius 2 is 1.77 bits per heavy atom. The average Bonchev–Trinajstić information content (AvgIpc) is 2.85. The van der Waals surface area contributed by atoms with Crippen LogP contribution in [0.25, 0.3) is 10.8 Å². The summed E-state index contributed by atoms with van der Waals surface area (Å²) in [5, 5.41) is 19.3. The van der Waals surface area contributed by atoms with Crippen molar-refractivity contribution >= 4 is 34.6 Å². The summed E-state index contributed by atoms with van der Waals surface area (Å²) in [7, 11) is 1.51. The van der Waals surface area contributed by atoms with E-state index in [2.05, 4.69) is 15.7 Å². The number of benzene rings is 1. The number of amides is 1. The van der Waals surface area contributed by atoms with Gasteiger partial charge in [-0.2, -0.15) is 5.10 Å². The number of anilines is 1. The van der Waals surface area contributed by atoms with Crippen molar-refractivity contribution in [1.82, 2.24) is 15.1 Å². The number of hydrogen-bond donors (Lipinski definition) is 3. The number of aliphatic carboxylic acids is 1. The second kappa shape index (κ2) is 15.5. The number of nitrogens with one attached hydrogen (secondary N) is 2. The average molecular weight is 493 g/mol. The molecule has 1 atom stereocenters. The van der Waals surface area contributed by atoms with Gasteiger partial charge in [-0.25, -0.2) is 4.68 Å². The lowest BCUT2D eigenvalue weighted by molar-refractivity contribution is -0.138. The van der Waals surface area contributed by atoms with Crippen LogP contribution in [0.5, 0.6) is 0 Å². The third-order valence-corrected chi connectivity index (χ3v) is 5.02. The summed E-state index contributed by atoms with van der Waals surface area (Å²) in [5.74, 6) is -1.12. The molecule has 0 fully saturated rings. The molecule has 12 nitrogen and oxygen atoms in total. The summed E-state index contributed by atoms with van der Waals surface area (Å²) in [4.78, 5) is 46.6. The standard InChI is InChI=1S/C23H32N4O8/c1-24-20(29)6-5-18(16-28)27-23(32)22-17(15-26-27)3-2-4-19(22)25-8-10-34-12-14-35-13-11-33-9-7-21(30)31/h2-4,15-16,18,25H,5-14H2,1H3,(H,24,29)(H,30,31). The van der Waals surface area contributed by atoms with Crippen molar-refractivity contribution in [2.45, 2.75) is 25.3 Å². The van der Waals surface area contributed by atoms with Gasteiger partial charge in [-0.15, -0.1) is 0 Å². The number of carboxylic acids is 1. The number of nitrogens with zero attached hydrogens (tertiary/aromatic N) is 2. The first-order chi connectivity index (χ1) is 17.0. The van der Waals surface area contributed by atoms with Crippen LogP contribution in [0.3, 0.4) is 0 Å². The molecule has 1 aromatic carbocycles. The van der Waals surface area contributed by atoms with Gasteiger partial charge in [0.15, 0.2) is 0 Å².